The van der Waals surface area contributed by atoms with E-state index in [0.717, 1.165) is 0 Å². The molecule has 2 nitrogen and oxygen atoms in total. The van der Waals surface area contributed by atoms with Gasteiger partial charge in [0.05, 0.1) is 0 Å². The Hall–Kier alpha value is 0.595. The van der Waals surface area contributed by atoms with E-state index in [4.69, 9.17) is 0 Å². The first kappa shape index (κ1) is 14.5. The van der Waals surface area contributed by atoms with Crippen LogP contribution in [0.3, 0.4) is 0 Å². The summed E-state index contributed by atoms with van der Waals surface area (Å²) in [5, 5.41) is 6.95. The SMILES string of the molecule is [CH2]=[Al][n]1c2ccccc2c2c([I-][N]([Al])I)cccc21. The second-order valence-corrected chi connectivity index (χ2v) is 13.1. The third-order valence-corrected chi connectivity index (χ3v) is 7.72. The summed E-state index contributed by atoms with van der Waals surface area (Å²) in [6.07, 6.45) is 0. The summed E-state index contributed by atoms with van der Waals surface area (Å²) in [6.45, 7) is 0. The van der Waals surface area contributed by atoms with Crippen molar-refractivity contribution in [2.45, 2.75) is 0 Å². The first-order valence-electron chi connectivity index (χ1n) is 5.72. The van der Waals surface area contributed by atoms with E-state index < -0.39 is 0 Å². The number of fused-ring (bicyclic) bond motifs is 3. The van der Waals surface area contributed by atoms with Gasteiger partial charge in [-0.15, -0.1) is 0 Å². The minimum absolute atomic E-state index is 0.00876. The average molecular weight is 501 g/mol. The Kier molecular flexibility index (Phi) is 4.70. The molecule has 2 aromatic carbocycles. The number of nitrogens with zero attached hydrogens (tertiary/aromatic N) is 2. The Morgan fingerprint density at radius 2 is 1.89 bits per heavy atom. The monoisotopic (exact) mass is 501 g/mol. The van der Waals surface area contributed by atoms with E-state index in [1.165, 1.54) is 25.4 Å². The van der Waals surface area contributed by atoms with Crippen LogP contribution in [0.2, 0.25) is 0 Å². The zero-order valence-corrected chi connectivity index (χ0v) is 16.7. The fourth-order valence-corrected chi connectivity index (χ4v) is 6.89. The number of halogens is 2. The van der Waals surface area contributed by atoms with Crippen LogP contribution in [-0.2, 0) is 0 Å². The molecular weight excluding hydrogens is 492 g/mol. The summed E-state index contributed by atoms with van der Waals surface area (Å²) >= 11 is 4.98. The molecule has 6 heteroatoms. The molecule has 0 aliphatic heterocycles. The number of hydrogen-bond donors (Lipinski definition) is 0. The van der Waals surface area contributed by atoms with Crippen LogP contribution in [0.5, 0.6) is 0 Å². The fraction of sp³-hybridized carbons (Fsp3) is 0. The van der Waals surface area contributed by atoms with Gasteiger partial charge in [-0.25, -0.2) is 0 Å². The van der Waals surface area contributed by atoms with Gasteiger partial charge in [-0.3, -0.25) is 0 Å². The number of hydrogen-bond acceptors (Lipinski definition) is 1. The maximum absolute atomic E-state index is 4.16. The van der Waals surface area contributed by atoms with Gasteiger partial charge < -0.3 is 0 Å². The summed E-state index contributed by atoms with van der Waals surface area (Å²) < 4.78 is 6.08. The Labute approximate surface area is 151 Å². The first-order chi connectivity index (χ1) is 9.22. The quantitative estimate of drug-likeness (QED) is 0.270. The van der Waals surface area contributed by atoms with Crippen molar-refractivity contribution in [1.82, 2.24) is 3.86 Å². The minimum atomic E-state index is -0.143. The molecule has 0 fully saturated rings. The summed E-state index contributed by atoms with van der Waals surface area (Å²) in [6, 6.07) is 15.3. The molecule has 19 heavy (non-hydrogen) atoms. The van der Waals surface area contributed by atoms with E-state index in [0.29, 0.717) is 0 Å². The van der Waals surface area contributed by atoms with Crippen molar-refractivity contribution >= 4 is 81.6 Å². The molecule has 0 atom stereocenters. The molecule has 0 N–H and O–H groups in total. The van der Waals surface area contributed by atoms with Gasteiger partial charge in [0.15, 0.2) is 0 Å². The molecule has 0 aliphatic carbocycles. The molecule has 0 saturated carbocycles. The van der Waals surface area contributed by atoms with Crippen LogP contribution < -0.4 is 21.5 Å². The van der Waals surface area contributed by atoms with Gasteiger partial charge in [0.25, 0.3) is 0 Å². The zero-order valence-electron chi connectivity index (χ0n) is 10.1. The van der Waals surface area contributed by atoms with Crippen molar-refractivity contribution in [2.75, 3.05) is 0 Å². The standard InChI is InChI=1S/C12H7I2N2.CH2.2Al/c13-16-14-9-5-3-7-11-12(9)8-4-1-2-6-10(8)15-11;;;/h1-7H;1H2;;/q-3;;2*+1. The predicted molar refractivity (Wildman–Crippen MR) is 88.0 cm³/mol. The van der Waals surface area contributed by atoms with Crippen LogP contribution in [0.4, 0.5) is 0 Å². The number of rotatable bonds is 3. The van der Waals surface area contributed by atoms with Gasteiger partial charge in [0, 0.05) is 0 Å². The van der Waals surface area contributed by atoms with E-state index in [2.05, 4.69) is 91.1 Å². The van der Waals surface area contributed by atoms with Crippen LogP contribution >= 0.6 is 22.9 Å². The summed E-state index contributed by atoms with van der Waals surface area (Å²) in [4.78, 5) is 0. The van der Waals surface area contributed by atoms with Crippen LogP contribution in [0.25, 0.3) is 21.8 Å². The second-order valence-electron chi connectivity index (χ2n) is 4.05. The molecule has 2 radical (unpaired) electrons. The molecule has 0 amide bonds. The van der Waals surface area contributed by atoms with Gasteiger partial charge in [-0.1, -0.05) is 0 Å². The molecule has 1 heterocycles. The molecule has 92 valence electrons. The van der Waals surface area contributed by atoms with Gasteiger partial charge in [0.2, 0.25) is 0 Å². The Morgan fingerprint density at radius 3 is 2.63 bits per heavy atom. The van der Waals surface area contributed by atoms with Crippen LogP contribution in [0.1, 0.15) is 0 Å². The van der Waals surface area contributed by atoms with E-state index in [9.17, 15) is 0 Å². The third kappa shape index (κ3) is 2.69. The van der Waals surface area contributed by atoms with Crippen molar-refractivity contribution in [3.63, 3.8) is 0 Å². The topological polar surface area (TPSA) is 8.17 Å². The predicted octanol–water partition coefficient (Wildman–Crippen LogP) is -0.397. The van der Waals surface area contributed by atoms with Crippen molar-refractivity contribution in [1.29, 1.82) is 0 Å². The van der Waals surface area contributed by atoms with E-state index in [-0.39, 0.29) is 36.5 Å². The summed E-state index contributed by atoms with van der Waals surface area (Å²) in [7, 11) is 0. The molecular formula is C13H9Al2I2N2-. The number of benzene rings is 2. The third-order valence-electron chi connectivity index (χ3n) is 3.04. The molecule has 3 aromatic rings. The average Bonchev–Trinajstić information content (AvgIpc) is 2.72. The Bertz CT molecular complexity index is 768. The summed E-state index contributed by atoms with van der Waals surface area (Å²) in [5.41, 5.74) is 2.66. The van der Waals surface area contributed by atoms with E-state index in [1.807, 2.05) is 0 Å². The van der Waals surface area contributed by atoms with Crippen LogP contribution in [-0.4, -0.2) is 40.8 Å². The fourth-order valence-electron chi connectivity index (χ4n) is 2.36. The van der Waals surface area contributed by atoms with Gasteiger partial charge in [0.1, 0.15) is 0 Å². The van der Waals surface area contributed by atoms with Gasteiger partial charge in [-0.05, 0) is 0 Å². The second kappa shape index (κ2) is 6.15. The maximum atomic E-state index is 4.16. The van der Waals surface area contributed by atoms with E-state index in [1.54, 1.807) is 0 Å². The number of aromatic nitrogens is 1. The van der Waals surface area contributed by atoms with Gasteiger partial charge >= 0.3 is 153 Å². The van der Waals surface area contributed by atoms with Crippen molar-refractivity contribution < 1.29 is 21.5 Å². The molecule has 0 saturated heterocycles. The Balaban J connectivity index is 2.45. The normalized spacial score (nSPS) is 11.5. The van der Waals surface area contributed by atoms with Crippen LogP contribution in [0.15, 0.2) is 42.5 Å². The van der Waals surface area contributed by atoms with Crippen molar-refractivity contribution in [2.24, 2.45) is 0 Å². The first-order valence-corrected chi connectivity index (χ1v) is 10.6. The van der Waals surface area contributed by atoms with Crippen LogP contribution in [0, 0.1) is 3.57 Å². The molecule has 0 bridgehead atoms. The summed E-state index contributed by atoms with van der Waals surface area (Å²) in [5.74, 6) is 0. The van der Waals surface area contributed by atoms with Gasteiger partial charge in [-0.2, -0.15) is 0 Å². The zero-order chi connectivity index (χ0) is 13.4. The van der Waals surface area contributed by atoms with E-state index >= 15 is 0 Å². The van der Waals surface area contributed by atoms with Crippen molar-refractivity contribution in [3.05, 3.63) is 46.0 Å². The molecule has 3 rings (SSSR count). The number of para-hydroxylation sites is 1. The molecule has 0 aliphatic rings. The molecule has 1 aromatic heterocycles. The Morgan fingerprint density at radius 1 is 1.16 bits per heavy atom. The molecule has 0 spiro atoms. The molecule has 0 unspecified atom stereocenters. The van der Waals surface area contributed by atoms with Crippen molar-refractivity contribution in [3.8, 4) is 0 Å².